The van der Waals surface area contributed by atoms with Crippen LogP contribution in [0.4, 0.5) is 0 Å². The lowest BCUT2D eigenvalue weighted by atomic mass is 9.82. The highest BCUT2D eigenvalue weighted by atomic mass is 28.3. The molecule has 0 spiro atoms. The van der Waals surface area contributed by atoms with E-state index in [0.717, 1.165) is 5.92 Å². The first kappa shape index (κ1) is 14.2. The Balaban J connectivity index is 2.07. The summed E-state index contributed by atoms with van der Waals surface area (Å²) in [5, 5.41) is 0. The van der Waals surface area contributed by atoms with Crippen LogP contribution in [0, 0.1) is 5.92 Å². The topological polar surface area (TPSA) is 26.0 Å². The van der Waals surface area contributed by atoms with Crippen LogP contribution < -0.4 is 5.73 Å². The van der Waals surface area contributed by atoms with Gasteiger partial charge in [-0.3, -0.25) is 0 Å². The van der Waals surface area contributed by atoms with Crippen molar-refractivity contribution in [3.8, 4) is 0 Å². The highest BCUT2D eigenvalue weighted by Crippen LogP contribution is 2.27. The van der Waals surface area contributed by atoms with Gasteiger partial charge in [0.2, 0.25) is 0 Å². The Morgan fingerprint density at radius 2 is 1.69 bits per heavy atom. The molecule has 1 unspecified atom stereocenters. The summed E-state index contributed by atoms with van der Waals surface area (Å²) in [6.07, 6.45) is 11.1. The van der Waals surface area contributed by atoms with Crippen LogP contribution in [0.1, 0.15) is 51.4 Å². The third kappa shape index (κ3) is 6.05. The number of hydrogen-bond acceptors (Lipinski definition) is 1. The molecule has 96 valence electrons. The molecule has 0 aromatic rings. The minimum Gasteiger partial charge on any atom is -0.327 e. The van der Waals surface area contributed by atoms with E-state index in [1.165, 1.54) is 57.4 Å². The Kier molecular flexibility index (Phi) is 6.05. The van der Waals surface area contributed by atoms with Gasteiger partial charge in [0.15, 0.2) is 0 Å². The van der Waals surface area contributed by atoms with Gasteiger partial charge in [-0.25, -0.2) is 0 Å². The van der Waals surface area contributed by atoms with Gasteiger partial charge in [0.1, 0.15) is 0 Å². The molecule has 0 bridgehead atoms. The normalized spacial score (nSPS) is 21.0. The molecule has 1 nitrogen and oxygen atoms in total. The summed E-state index contributed by atoms with van der Waals surface area (Å²) < 4.78 is 0. The molecule has 0 aromatic carbocycles. The molecule has 1 fully saturated rings. The minimum atomic E-state index is -0.810. The molecule has 16 heavy (non-hydrogen) atoms. The van der Waals surface area contributed by atoms with Crippen LogP contribution in [0.3, 0.4) is 0 Å². The van der Waals surface area contributed by atoms with Crippen LogP contribution in [0.5, 0.6) is 0 Å². The lowest BCUT2D eigenvalue weighted by Gasteiger charge is -2.27. The van der Waals surface area contributed by atoms with Crippen molar-refractivity contribution >= 4 is 8.07 Å². The molecular formula is C14H31NSi. The molecule has 1 saturated carbocycles. The van der Waals surface area contributed by atoms with Crippen molar-refractivity contribution in [1.29, 1.82) is 0 Å². The Hall–Kier alpha value is 0.177. The van der Waals surface area contributed by atoms with E-state index < -0.39 is 8.07 Å². The smallest absolute Gasteiger partial charge is 0.0442 e. The Bertz CT molecular complexity index is 180. The van der Waals surface area contributed by atoms with Crippen molar-refractivity contribution in [2.24, 2.45) is 11.7 Å². The summed E-state index contributed by atoms with van der Waals surface area (Å²) in [6.45, 7) is 7.40. The van der Waals surface area contributed by atoms with Crippen molar-refractivity contribution in [2.45, 2.75) is 83.1 Å². The quantitative estimate of drug-likeness (QED) is 0.541. The van der Waals surface area contributed by atoms with E-state index in [1.807, 2.05) is 0 Å². The average Bonchev–Trinajstić information content (AvgIpc) is 2.24. The summed E-state index contributed by atoms with van der Waals surface area (Å²) in [7, 11) is -0.810. The van der Waals surface area contributed by atoms with Crippen LogP contribution in [0.2, 0.25) is 25.7 Å². The number of hydrogen-bond donors (Lipinski definition) is 1. The molecule has 0 radical (unpaired) electrons. The fourth-order valence-electron chi connectivity index (χ4n) is 2.83. The van der Waals surface area contributed by atoms with Crippen molar-refractivity contribution < 1.29 is 0 Å². The molecule has 1 aliphatic rings. The Morgan fingerprint density at radius 1 is 1.06 bits per heavy atom. The molecule has 0 saturated heterocycles. The van der Waals surface area contributed by atoms with E-state index in [1.54, 1.807) is 0 Å². The molecule has 1 aliphatic carbocycles. The number of nitrogens with two attached hydrogens (primary N) is 1. The highest BCUT2D eigenvalue weighted by molar-refractivity contribution is 6.76. The monoisotopic (exact) mass is 241 g/mol. The maximum atomic E-state index is 6.31. The zero-order valence-electron chi connectivity index (χ0n) is 11.6. The van der Waals surface area contributed by atoms with Crippen molar-refractivity contribution in [3.05, 3.63) is 0 Å². The van der Waals surface area contributed by atoms with E-state index in [2.05, 4.69) is 19.6 Å². The maximum Gasteiger partial charge on any atom is 0.0442 e. The van der Waals surface area contributed by atoms with E-state index in [4.69, 9.17) is 5.73 Å². The van der Waals surface area contributed by atoms with Gasteiger partial charge in [-0.2, -0.15) is 0 Å². The van der Waals surface area contributed by atoms with Gasteiger partial charge in [-0.15, -0.1) is 0 Å². The van der Waals surface area contributed by atoms with Crippen molar-refractivity contribution in [3.63, 3.8) is 0 Å². The fourth-order valence-corrected chi connectivity index (χ4v) is 4.14. The van der Waals surface area contributed by atoms with Crippen LogP contribution in [0.25, 0.3) is 0 Å². The molecule has 0 heterocycles. The van der Waals surface area contributed by atoms with E-state index >= 15 is 0 Å². The second-order valence-corrected chi connectivity index (χ2v) is 12.5. The minimum absolute atomic E-state index is 0.502. The Morgan fingerprint density at radius 3 is 2.25 bits per heavy atom. The largest absolute Gasteiger partial charge is 0.327 e. The SMILES string of the molecule is C[Si](C)(C)CCCCC(N)C1CCCCC1. The molecule has 2 heteroatoms. The van der Waals surface area contributed by atoms with Crippen molar-refractivity contribution in [1.82, 2.24) is 0 Å². The Labute approximate surface area is 103 Å². The van der Waals surface area contributed by atoms with Crippen molar-refractivity contribution in [2.75, 3.05) is 0 Å². The third-order valence-electron chi connectivity index (χ3n) is 3.97. The predicted octanol–water partition coefficient (Wildman–Crippen LogP) is 4.40. The molecule has 2 N–H and O–H groups in total. The van der Waals surface area contributed by atoms with Gasteiger partial charge in [0, 0.05) is 14.1 Å². The molecule has 1 atom stereocenters. The first-order valence-corrected chi connectivity index (χ1v) is 11.0. The lowest BCUT2D eigenvalue weighted by Crippen LogP contribution is -2.31. The van der Waals surface area contributed by atoms with Gasteiger partial charge in [-0.05, 0) is 25.2 Å². The van der Waals surface area contributed by atoms with Crippen LogP contribution in [0.15, 0.2) is 0 Å². The summed E-state index contributed by atoms with van der Waals surface area (Å²) >= 11 is 0. The lowest BCUT2D eigenvalue weighted by molar-refractivity contribution is 0.291. The molecule has 1 rings (SSSR count). The first-order valence-electron chi connectivity index (χ1n) is 7.24. The van der Waals surface area contributed by atoms with Crippen LogP contribution >= 0.6 is 0 Å². The average molecular weight is 241 g/mol. The molecule has 0 amide bonds. The second kappa shape index (κ2) is 6.80. The second-order valence-electron chi connectivity index (χ2n) is 6.87. The van der Waals surface area contributed by atoms with E-state index in [9.17, 15) is 0 Å². The summed E-state index contributed by atoms with van der Waals surface area (Å²) in [5.41, 5.74) is 6.31. The summed E-state index contributed by atoms with van der Waals surface area (Å²) in [4.78, 5) is 0. The van der Waals surface area contributed by atoms with Crippen LogP contribution in [-0.2, 0) is 0 Å². The van der Waals surface area contributed by atoms with Gasteiger partial charge in [-0.1, -0.05) is 57.8 Å². The maximum absolute atomic E-state index is 6.31. The summed E-state index contributed by atoms with van der Waals surface area (Å²) in [6, 6.07) is 1.98. The van der Waals surface area contributed by atoms with Gasteiger partial charge >= 0.3 is 0 Å². The fraction of sp³-hybridized carbons (Fsp3) is 1.00. The molecule has 0 aromatic heterocycles. The first-order chi connectivity index (χ1) is 7.49. The predicted molar refractivity (Wildman–Crippen MR) is 76.6 cm³/mol. The zero-order valence-corrected chi connectivity index (χ0v) is 12.6. The number of rotatable bonds is 6. The summed E-state index contributed by atoms with van der Waals surface area (Å²) in [5.74, 6) is 0.848. The van der Waals surface area contributed by atoms with Gasteiger partial charge in [0.05, 0.1) is 0 Å². The van der Waals surface area contributed by atoms with Gasteiger partial charge < -0.3 is 5.73 Å². The number of unbranched alkanes of at least 4 members (excludes halogenated alkanes) is 1. The highest BCUT2D eigenvalue weighted by Gasteiger charge is 2.20. The zero-order chi connectivity index (χ0) is 12.0. The van der Waals surface area contributed by atoms with Crippen LogP contribution in [-0.4, -0.2) is 14.1 Å². The standard InChI is InChI=1S/C14H31NSi/c1-16(2,3)12-8-7-11-14(15)13-9-5-4-6-10-13/h13-14H,4-12,15H2,1-3H3. The molecule has 0 aliphatic heterocycles. The van der Waals surface area contributed by atoms with E-state index in [0.29, 0.717) is 6.04 Å². The third-order valence-corrected chi connectivity index (χ3v) is 5.82. The van der Waals surface area contributed by atoms with E-state index in [-0.39, 0.29) is 0 Å². The molecular weight excluding hydrogens is 210 g/mol. The van der Waals surface area contributed by atoms with Gasteiger partial charge in [0.25, 0.3) is 0 Å².